The molecule has 0 aliphatic heterocycles. The standard InChI is InChI=1S/C18H25ClO2/c1-18(2,3)14-8-5-12(6-9-14)17(20)13-7-10-15(19)16(11-13)21-4/h7,10-12,14H,5-6,8-9H2,1-4H3. The zero-order valence-corrected chi connectivity index (χ0v) is 14.2. The number of ether oxygens (including phenoxy) is 1. The first-order valence-electron chi connectivity index (χ1n) is 7.70. The molecule has 1 aromatic carbocycles. The summed E-state index contributed by atoms with van der Waals surface area (Å²) in [6, 6.07) is 5.32. The van der Waals surface area contributed by atoms with Crippen LogP contribution in [0.1, 0.15) is 56.8 Å². The van der Waals surface area contributed by atoms with E-state index in [0.29, 0.717) is 16.2 Å². The van der Waals surface area contributed by atoms with Crippen molar-refractivity contribution in [3.63, 3.8) is 0 Å². The summed E-state index contributed by atoms with van der Waals surface area (Å²) in [5, 5.41) is 0.547. The van der Waals surface area contributed by atoms with Gasteiger partial charge in [0, 0.05) is 11.5 Å². The van der Waals surface area contributed by atoms with Crippen LogP contribution in [0.5, 0.6) is 5.75 Å². The molecule has 21 heavy (non-hydrogen) atoms. The minimum atomic E-state index is 0.148. The van der Waals surface area contributed by atoms with E-state index in [2.05, 4.69) is 20.8 Å². The summed E-state index contributed by atoms with van der Waals surface area (Å²) in [6.45, 7) is 6.89. The number of hydrogen-bond acceptors (Lipinski definition) is 2. The Morgan fingerprint density at radius 2 is 1.81 bits per heavy atom. The van der Waals surface area contributed by atoms with Gasteiger partial charge in [-0.1, -0.05) is 32.4 Å². The van der Waals surface area contributed by atoms with E-state index >= 15 is 0 Å². The number of halogens is 1. The highest BCUT2D eigenvalue weighted by Gasteiger charge is 2.32. The molecule has 3 heteroatoms. The molecular weight excluding hydrogens is 284 g/mol. The molecule has 2 rings (SSSR count). The predicted molar refractivity (Wildman–Crippen MR) is 87.2 cm³/mol. The zero-order valence-electron chi connectivity index (χ0n) is 13.4. The normalized spacial score (nSPS) is 22.9. The summed E-state index contributed by atoms with van der Waals surface area (Å²) in [5.74, 6) is 1.68. The Bertz CT molecular complexity index is 508. The smallest absolute Gasteiger partial charge is 0.166 e. The van der Waals surface area contributed by atoms with E-state index in [1.54, 1.807) is 19.2 Å². The number of methoxy groups -OCH3 is 1. The first-order valence-corrected chi connectivity index (χ1v) is 8.08. The van der Waals surface area contributed by atoms with Crippen LogP contribution in [0.3, 0.4) is 0 Å². The average molecular weight is 309 g/mol. The van der Waals surface area contributed by atoms with Crippen molar-refractivity contribution in [2.24, 2.45) is 17.3 Å². The summed E-state index contributed by atoms with van der Waals surface area (Å²) < 4.78 is 5.20. The van der Waals surface area contributed by atoms with Crippen molar-refractivity contribution >= 4 is 17.4 Å². The first-order chi connectivity index (χ1) is 9.82. The highest BCUT2D eigenvalue weighted by molar-refractivity contribution is 6.32. The van der Waals surface area contributed by atoms with E-state index in [4.69, 9.17) is 16.3 Å². The van der Waals surface area contributed by atoms with E-state index in [9.17, 15) is 4.79 Å². The molecule has 1 saturated carbocycles. The van der Waals surface area contributed by atoms with Gasteiger partial charge in [0.2, 0.25) is 0 Å². The molecule has 0 N–H and O–H groups in total. The number of hydrogen-bond donors (Lipinski definition) is 0. The van der Waals surface area contributed by atoms with E-state index in [-0.39, 0.29) is 11.7 Å². The quantitative estimate of drug-likeness (QED) is 0.700. The van der Waals surface area contributed by atoms with Gasteiger partial charge in [0.15, 0.2) is 5.78 Å². The zero-order chi connectivity index (χ0) is 15.6. The second kappa shape index (κ2) is 6.39. The third kappa shape index (κ3) is 3.79. The molecule has 116 valence electrons. The van der Waals surface area contributed by atoms with Crippen LogP contribution in [0.4, 0.5) is 0 Å². The number of carbonyl (C=O) groups excluding carboxylic acids is 1. The highest BCUT2D eigenvalue weighted by Crippen LogP contribution is 2.41. The fourth-order valence-corrected chi connectivity index (χ4v) is 3.47. The number of carbonyl (C=O) groups is 1. The van der Waals surface area contributed by atoms with Crippen molar-refractivity contribution in [2.45, 2.75) is 46.5 Å². The van der Waals surface area contributed by atoms with Crippen molar-refractivity contribution in [3.8, 4) is 5.75 Å². The van der Waals surface area contributed by atoms with Gasteiger partial charge in [-0.05, 0) is 55.2 Å². The van der Waals surface area contributed by atoms with Gasteiger partial charge in [-0.25, -0.2) is 0 Å². The van der Waals surface area contributed by atoms with Gasteiger partial charge >= 0.3 is 0 Å². The molecule has 1 fully saturated rings. The van der Waals surface area contributed by atoms with Gasteiger partial charge in [0.1, 0.15) is 5.75 Å². The summed E-state index contributed by atoms with van der Waals surface area (Å²) in [4.78, 5) is 12.6. The summed E-state index contributed by atoms with van der Waals surface area (Å²) in [5.41, 5.74) is 1.06. The Balaban J connectivity index is 2.05. The Kier molecular flexibility index (Phi) is 4.98. The fourth-order valence-electron chi connectivity index (χ4n) is 3.27. The van der Waals surface area contributed by atoms with E-state index in [1.807, 2.05) is 6.07 Å². The van der Waals surface area contributed by atoms with Crippen LogP contribution in [0.15, 0.2) is 18.2 Å². The lowest BCUT2D eigenvalue weighted by Gasteiger charge is -2.36. The van der Waals surface area contributed by atoms with E-state index < -0.39 is 0 Å². The Morgan fingerprint density at radius 3 is 2.33 bits per heavy atom. The lowest BCUT2D eigenvalue weighted by molar-refractivity contribution is 0.0819. The lowest BCUT2D eigenvalue weighted by atomic mass is 9.69. The molecule has 1 aromatic rings. The van der Waals surface area contributed by atoms with Gasteiger partial charge in [-0.2, -0.15) is 0 Å². The van der Waals surface area contributed by atoms with Gasteiger partial charge < -0.3 is 4.74 Å². The fraction of sp³-hybridized carbons (Fsp3) is 0.611. The molecule has 0 aromatic heterocycles. The van der Waals surface area contributed by atoms with Crippen LogP contribution in [0.25, 0.3) is 0 Å². The molecule has 0 atom stereocenters. The molecule has 1 aliphatic carbocycles. The van der Waals surface area contributed by atoms with Crippen molar-refractivity contribution in [1.82, 2.24) is 0 Å². The SMILES string of the molecule is COc1cc(C(=O)C2CCC(C(C)(C)C)CC2)ccc1Cl. The molecule has 2 nitrogen and oxygen atoms in total. The second-order valence-electron chi connectivity index (χ2n) is 7.13. The number of ketones is 1. The van der Waals surface area contributed by atoms with Crippen LogP contribution in [0.2, 0.25) is 5.02 Å². The monoisotopic (exact) mass is 308 g/mol. The third-order valence-corrected chi connectivity index (χ3v) is 5.07. The molecule has 0 heterocycles. The Morgan fingerprint density at radius 1 is 1.19 bits per heavy atom. The van der Waals surface area contributed by atoms with Gasteiger partial charge in [-0.15, -0.1) is 0 Å². The van der Waals surface area contributed by atoms with Crippen LogP contribution in [-0.4, -0.2) is 12.9 Å². The minimum Gasteiger partial charge on any atom is -0.495 e. The maximum absolute atomic E-state index is 12.6. The Labute approximate surface area is 132 Å². The molecular formula is C18H25ClO2. The van der Waals surface area contributed by atoms with Gasteiger partial charge in [-0.3, -0.25) is 4.79 Å². The van der Waals surface area contributed by atoms with E-state index in [0.717, 1.165) is 37.2 Å². The van der Waals surface area contributed by atoms with Gasteiger partial charge in [0.25, 0.3) is 0 Å². The van der Waals surface area contributed by atoms with E-state index in [1.165, 1.54) is 0 Å². The predicted octanol–water partition coefficient (Wildman–Crippen LogP) is 5.38. The van der Waals surface area contributed by atoms with Crippen molar-refractivity contribution in [3.05, 3.63) is 28.8 Å². The van der Waals surface area contributed by atoms with Crippen LogP contribution in [0, 0.1) is 17.3 Å². The van der Waals surface area contributed by atoms with Crippen LogP contribution >= 0.6 is 11.6 Å². The summed E-state index contributed by atoms with van der Waals surface area (Å²) in [6.07, 6.45) is 4.27. The number of benzene rings is 1. The molecule has 0 spiro atoms. The molecule has 0 bridgehead atoms. The minimum absolute atomic E-state index is 0.148. The average Bonchev–Trinajstić information content (AvgIpc) is 2.46. The van der Waals surface area contributed by atoms with Crippen LogP contribution < -0.4 is 4.74 Å². The maximum atomic E-state index is 12.6. The topological polar surface area (TPSA) is 26.3 Å². The molecule has 0 radical (unpaired) electrons. The maximum Gasteiger partial charge on any atom is 0.166 e. The molecule has 0 saturated heterocycles. The highest BCUT2D eigenvalue weighted by atomic mass is 35.5. The molecule has 0 amide bonds. The summed E-state index contributed by atoms with van der Waals surface area (Å²) in [7, 11) is 1.57. The van der Waals surface area contributed by atoms with Gasteiger partial charge in [0.05, 0.1) is 12.1 Å². The number of rotatable bonds is 3. The largest absolute Gasteiger partial charge is 0.495 e. The van der Waals surface area contributed by atoms with Crippen molar-refractivity contribution in [1.29, 1.82) is 0 Å². The first kappa shape index (κ1) is 16.4. The third-order valence-electron chi connectivity index (χ3n) is 4.76. The van der Waals surface area contributed by atoms with Crippen LogP contribution in [-0.2, 0) is 0 Å². The number of Topliss-reactive ketones (excluding diaryl/α,β-unsaturated/α-hetero) is 1. The molecule has 0 unspecified atom stereocenters. The Hall–Kier alpha value is -1.02. The van der Waals surface area contributed by atoms with Crippen molar-refractivity contribution in [2.75, 3.05) is 7.11 Å². The molecule has 1 aliphatic rings. The second-order valence-corrected chi connectivity index (χ2v) is 7.54. The lowest BCUT2D eigenvalue weighted by Crippen LogP contribution is -2.28. The summed E-state index contributed by atoms with van der Waals surface area (Å²) >= 11 is 6.02. The van der Waals surface area contributed by atoms with Crippen molar-refractivity contribution < 1.29 is 9.53 Å².